The smallest absolute Gasteiger partial charge is 0.293 e. The van der Waals surface area contributed by atoms with Gasteiger partial charge in [0.25, 0.3) is 11.6 Å². The molecular weight excluding hydrogens is 356 g/mol. The number of carbonyl (C=O) groups is 1. The highest BCUT2D eigenvalue weighted by Crippen LogP contribution is 2.27. The van der Waals surface area contributed by atoms with Gasteiger partial charge in [-0.1, -0.05) is 36.4 Å². The molecule has 0 radical (unpaired) electrons. The molecule has 7 nitrogen and oxygen atoms in total. The molecule has 0 aromatic heterocycles. The first-order valence-corrected chi connectivity index (χ1v) is 9.69. The number of hydrogen-bond acceptors (Lipinski definition) is 3. The van der Waals surface area contributed by atoms with Crippen molar-refractivity contribution >= 4 is 17.3 Å². The number of hydrogen-bond donors (Lipinski definition) is 3. The predicted octanol–water partition coefficient (Wildman–Crippen LogP) is 0.134. The summed E-state index contributed by atoms with van der Waals surface area (Å²) in [5.74, 6) is -0.172. The molecule has 148 valence electrons. The van der Waals surface area contributed by atoms with Gasteiger partial charge in [-0.15, -0.1) is 0 Å². The van der Waals surface area contributed by atoms with Crippen molar-refractivity contribution in [1.29, 1.82) is 0 Å². The fourth-order valence-electron chi connectivity index (χ4n) is 3.77. The van der Waals surface area contributed by atoms with E-state index >= 15 is 0 Å². The molecule has 1 amide bonds. The Hall–Kier alpha value is -2.77. The number of nitro groups is 1. The van der Waals surface area contributed by atoms with Crippen molar-refractivity contribution in [2.24, 2.45) is 0 Å². The SMILES string of the molecule is Cc1ccccc1C[NH+]1CC[NH+](CC(=O)Nc2c(C)cccc2[N+](=O)[O-])CC1. The third-order valence-corrected chi connectivity index (χ3v) is 5.49. The number of anilines is 1. The molecular formula is C21H28N4O3+2. The van der Waals surface area contributed by atoms with Crippen molar-refractivity contribution in [3.05, 3.63) is 69.3 Å². The van der Waals surface area contributed by atoms with Gasteiger partial charge < -0.3 is 15.1 Å². The average Bonchev–Trinajstić information content (AvgIpc) is 2.66. The van der Waals surface area contributed by atoms with Crippen LogP contribution in [0.25, 0.3) is 0 Å². The number of piperazine rings is 1. The highest BCUT2D eigenvalue weighted by molar-refractivity contribution is 5.94. The summed E-state index contributed by atoms with van der Waals surface area (Å²) in [6.45, 7) is 9.14. The molecule has 28 heavy (non-hydrogen) atoms. The predicted molar refractivity (Wildman–Crippen MR) is 108 cm³/mol. The van der Waals surface area contributed by atoms with Gasteiger partial charge in [-0.3, -0.25) is 14.9 Å². The second kappa shape index (κ2) is 8.95. The molecule has 0 spiro atoms. The third-order valence-electron chi connectivity index (χ3n) is 5.49. The molecule has 2 aromatic carbocycles. The van der Waals surface area contributed by atoms with E-state index in [0.29, 0.717) is 17.8 Å². The summed E-state index contributed by atoms with van der Waals surface area (Å²) in [7, 11) is 0. The largest absolute Gasteiger partial charge is 0.322 e. The summed E-state index contributed by atoms with van der Waals surface area (Å²) in [6, 6.07) is 13.3. The van der Waals surface area contributed by atoms with Crippen molar-refractivity contribution in [3.63, 3.8) is 0 Å². The minimum atomic E-state index is -0.455. The van der Waals surface area contributed by atoms with E-state index in [4.69, 9.17) is 0 Å². The minimum Gasteiger partial charge on any atom is -0.322 e. The Morgan fingerprint density at radius 1 is 1.00 bits per heavy atom. The number of benzene rings is 2. The first-order valence-electron chi connectivity index (χ1n) is 9.69. The van der Waals surface area contributed by atoms with E-state index in [1.807, 2.05) is 0 Å². The Balaban J connectivity index is 1.52. The van der Waals surface area contributed by atoms with E-state index in [1.54, 1.807) is 19.1 Å². The second-order valence-electron chi connectivity index (χ2n) is 7.55. The van der Waals surface area contributed by atoms with Crippen LogP contribution in [0.2, 0.25) is 0 Å². The van der Waals surface area contributed by atoms with Crippen molar-refractivity contribution in [1.82, 2.24) is 0 Å². The van der Waals surface area contributed by atoms with Crippen molar-refractivity contribution in [2.45, 2.75) is 20.4 Å². The third kappa shape index (κ3) is 4.94. The van der Waals surface area contributed by atoms with Gasteiger partial charge in [-0.2, -0.15) is 0 Å². The van der Waals surface area contributed by atoms with E-state index in [0.717, 1.165) is 32.7 Å². The summed E-state index contributed by atoms with van der Waals surface area (Å²) in [5, 5.41) is 14.0. The molecule has 3 N–H and O–H groups in total. The standard InChI is InChI=1S/C21H26N4O3/c1-16-6-3-4-8-18(16)14-23-10-12-24(13-11-23)15-20(26)22-21-17(2)7-5-9-19(21)25(27)28/h3-9H,10-15H2,1-2H3,(H,22,26)/p+2. The van der Waals surface area contributed by atoms with E-state index in [1.165, 1.54) is 27.0 Å². The highest BCUT2D eigenvalue weighted by Gasteiger charge is 2.26. The van der Waals surface area contributed by atoms with E-state index in [9.17, 15) is 14.9 Å². The van der Waals surface area contributed by atoms with Crippen LogP contribution >= 0.6 is 0 Å². The van der Waals surface area contributed by atoms with Crippen LogP contribution in [0, 0.1) is 24.0 Å². The lowest BCUT2D eigenvalue weighted by Gasteiger charge is -2.29. The Kier molecular flexibility index (Phi) is 6.38. The zero-order valence-corrected chi connectivity index (χ0v) is 16.5. The maximum absolute atomic E-state index is 12.5. The topological polar surface area (TPSA) is 81.1 Å². The van der Waals surface area contributed by atoms with Crippen molar-refractivity contribution < 1.29 is 19.5 Å². The molecule has 0 bridgehead atoms. The molecule has 1 saturated heterocycles. The van der Waals surface area contributed by atoms with Gasteiger partial charge in [0.05, 0.1) is 4.92 Å². The Morgan fingerprint density at radius 3 is 2.32 bits per heavy atom. The van der Waals surface area contributed by atoms with E-state index in [-0.39, 0.29) is 11.6 Å². The molecule has 1 aliphatic heterocycles. The molecule has 7 heteroatoms. The number of nitrogens with one attached hydrogen (secondary N) is 3. The maximum Gasteiger partial charge on any atom is 0.293 e. The molecule has 3 rings (SSSR count). The number of nitro benzene ring substituents is 1. The summed E-state index contributed by atoms with van der Waals surface area (Å²) in [6.07, 6.45) is 0. The number of amides is 1. The summed E-state index contributed by atoms with van der Waals surface area (Å²) < 4.78 is 0. The first-order chi connectivity index (χ1) is 13.4. The van der Waals surface area contributed by atoms with E-state index in [2.05, 4.69) is 36.5 Å². The number of carbonyl (C=O) groups excluding carboxylic acids is 1. The van der Waals surface area contributed by atoms with Crippen LogP contribution in [0.15, 0.2) is 42.5 Å². The molecule has 2 aromatic rings. The Bertz CT molecular complexity index is 860. The lowest BCUT2D eigenvalue weighted by molar-refractivity contribution is -1.02. The Morgan fingerprint density at radius 2 is 1.64 bits per heavy atom. The molecule has 0 aliphatic carbocycles. The lowest BCUT2D eigenvalue weighted by Crippen LogP contribution is -3.28. The number of nitrogens with zero attached hydrogens (tertiary/aromatic N) is 1. The van der Waals surface area contributed by atoms with Gasteiger partial charge in [-0.25, -0.2) is 0 Å². The van der Waals surface area contributed by atoms with Gasteiger partial charge >= 0.3 is 0 Å². The molecule has 1 heterocycles. The molecule has 0 saturated carbocycles. The summed E-state index contributed by atoms with van der Waals surface area (Å²) in [5.41, 5.74) is 3.65. The van der Waals surface area contributed by atoms with Crippen molar-refractivity contribution in [3.8, 4) is 0 Å². The maximum atomic E-state index is 12.5. The van der Waals surface area contributed by atoms with Gasteiger partial charge in [0.15, 0.2) is 6.54 Å². The lowest BCUT2D eigenvalue weighted by atomic mass is 10.1. The van der Waals surface area contributed by atoms with Crippen LogP contribution in [0.5, 0.6) is 0 Å². The van der Waals surface area contributed by atoms with Crippen LogP contribution in [-0.2, 0) is 11.3 Å². The average molecular weight is 384 g/mol. The second-order valence-corrected chi connectivity index (χ2v) is 7.55. The fraction of sp³-hybridized carbons (Fsp3) is 0.381. The number of rotatable bonds is 6. The summed E-state index contributed by atoms with van der Waals surface area (Å²) >= 11 is 0. The molecule has 1 aliphatic rings. The van der Waals surface area contributed by atoms with Crippen LogP contribution in [0.3, 0.4) is 0 Å². The van der Waals surface area contributed by atoms with Gasteiger partial charge in [0.2, 0.25) is 0 Å². The zero-order valence-electron chi connectivity index (χ0n) is 16.5. The van der Waals surface area contributed by atoms with Crippen LogP contribution in [0.4, 0.5) is 11.4 Å². The van der Waals surface area contributed by atoms with Crippen molar-refractivity contribution in [2.75, 3.05) is 38.0 Å². The highest BCUT2D eigenvalue weighted by atomic mass is 16.6. The number of aryl methyl sites for hydroxylation is 2. The normalized spacial score (nSPS) is 19.2. The van der Waals surface area contributed by atoms with Crippen LogP contribution in [-0.4, -0.2) is 43.6 Å². The summed E-state index contributed by atoms with van der Waals surface area (Å²) in [4.78, 5) is 26.0. The fourth-order valence-corrected chi connectivity index (χ4v) is 3.77. The first kappa shape index (κ1) is 20.0. The quantitative estimate of drug-likeness (QED) is 0.489. The zero-order chi connectivity index (χ0) is 20.1. The molecule has 1 fully saturated rings. The van der Waals surface area contributed by atoms with Gasteiger partial charge in [0, 0.05) is 11.6 Å². The number of para-hydroxylation sites is 1. The van der Waals surface area contributed by atoms with Crippen LogP contribution < -0.4 is 15.1 Å². The molecule has 0 atom stereocenters. The Labute approximate surface area is 165 Å². The monoisotopic (exact) mass is 384 g/mol. The van der Waals surface area contributed by atoms with Gasteiger partial charge in [-0.05, 0) is 25.0 Å². The van der Waals surface area contributed by atoms with Crippen LogP contribution in [0.1, 0.15) is 16.7 Å². The number of quaternary nitrogens is 2. The van der Waals surface area contributed by atoms with E-state index < -0.39 is 4.92 Å². The molecule has 0 unspecified atom stereocenters. The van der Waals surface area contributed by atoms with Gasteiger partial charge in [0.1, 0.15) is 38.4 Å². The minimum absolute atomic E-state index is 0.0594.